The quantitative estimate of drug-likeness (QED) is 0.483. The van der Waals surface area contributed by atoms with Gasteiger partial charge in [0.05, 0.1) is 0 Å². The fourth-order valence-electron chi connectivity index (χ4n) is 1.59. The summed E-state index contributed by atoms with van der Waals surface area (Å²) in [4.78, 5) is 1.55. The smallest absolute Gasteiger partial charge is 0.0442 e. The summed E-state index contributed by atoms with van der Waals surface area (Å²) in [6.07, 6.45) is 5.54. The number of hydrogen-bond donors (Lipinski definition) is 0. The van der Waals surface area contributed by atoms with Crippen LogP contribution in [0.4, 0.5) is 0 Å². The average molecular weight is 226 g/mol. The summed E-state index contributed by atoms with van der Waals surface area (Å²) in [5.74, 6) is 0. The molecule has 0 atom stereocenters. The van der Waals surface area contributed by atoms with Crippen LogP contribution in [0.2, 0.25) is 25.7 Å². The zero-order valence-corrected chi connectivity index (χ0v) is 11.5. The molecule has 1 aromatic rings. The second-order valence-electron chi connectivity index (χ2n) is 5.20. The molecule has 0 aliphatic rings. The summed E-state index contributed by atoms with van der Waals surface area (Å²) in [5, 5.41) is 2.18. The normalized spacial score (nSPS) is 11.9. The summed E-state index contributed by atoms with van der Waals surface area (Å²) < 4.78 is 0. The van der Waals surface area contributed by atoms with Crippen LogP contribution < -0.4 is 0 Å². The van der Waals surface area contributed by atoms with Gasteiger partial charge in [0, 0.05) is 13.0 Å². The number of unbranched alkanes of at least 4 members (excludes halogenated alkanes) is 2. The van der Waals surface area contributed by atoms with Gasteiger partial charge in [-0.15, -0.1) is 11.3 Å². The molecule has 0 saturated carbocycles. The first-order valence-electron chi connectivity index (χ1n) is 5.60. The second-order valence-corrected chi connectivity index (χ2v) is 11.9. The summed E-state index contributed by atoms with van der Waals surface area (Å²) in [6, 6.07) is 5.91. The fourth-order valence-corrected chi connectivity index (χ4v) is 3.65. The molecule has 0 spiro atoms. The molecule has 0 bridgehead atoms. The lowest BCUT2D eigenvalue weighted by Crippen LogP contribution is -2.18. The molecule has 0 aliphatic carbocycles. The predicted molar refractivity (Wildman–Crippen MR) is 70.0 cm³/mol. The maximum atomic E-state index is 2.46. The lowest BCUT2D eigenvalue weighted by molar-refractivity contribution is 0.716. The number of thiophene rings is 1. The first kappa shape index (κ1) is 12.0. The van der Waals surface area contributed by atoms with E-state index >= 15 is 0 Å². The van der Waals surface area contributed by atoms with Crippen LogP contribution >= 0.6 is 11.3 Å². The Kier molecular flexibility index (Phi) is 4.89. The maximum Gasteiger partial charge on any atom is 0.0442 e. The third kappa shape index (κ3) is 5.61. The Bertz CT molecular complexity index is 233. The van der Waals surface area contributed by atoms with Crippen LogP contribution in [-0.2, 0) is 6.42 Å². The van der Waals surface area contributed by atoms with Crippen LogP contribution in [0.3, 0.4) is 0 Å². The molecule has 0 saturated heterocycles. The molecule has 2 heteroatoms. The minimum atomic E-state index is -0.771. The average Bonchev–Trinajstić information content (AvgIpc) is 2.54. The minimum absolute atomic E-state index is 0.771. The van der Waals surface area contributed by atoms with E-state index in [0.29, 0.717) is 0 Å². The van der Waals surface area contributed by atoms with Gasteiger partial charge in [0.25, 0.3) is 0 Å². The highest BCUT2D eigenvalue weighted by Crippen LogP contribution is 2.16. The van der Waals surface area contributed by atoms with Gasteiger partial charge >= 0.3 is 0 Å². The van der Waals surface area contributed by atoms with Crippen LogP contribution in [0.1, 0.15) is 24.1 Å². The summed E-state index contributed by atoms with van der Waals surface area (Å²) in [6.45, 7) is 7.39. The van der Waals surface area contributed by atoms with Crippen molar-refractivity contribution < 1.29 is 0 Å². The van der Waals surface area contributed by atoms with Crippen molar-refractivity contribution in [3.63, 3.8) is 0 Å². The molecule has 80 valence electrons. The summed E-state index contributed by atoms with van der Waals surface area (Å²) in [5.41, 5.74) is 0. The van der Waals surface area contributed by atoms with Gasteiger partial charge in [-0.1, -0.05) is 44.6 Å². The SMILES string of the molecule is C[Si](C)(C)CCCCCc1cccs1. The Morgan fingerprint density at radius 3 is 2.50 bits per heavy atom. The van der Waals surface area contributed by atoms with E-state index < -0.39 is 8.07 Å². The Hall–Kier alpha value is -0.0831. The molecule has 14 heavy (non-hydrogen) atoms. The van der Waals surface area contributed by atoms with Crippen molar-refractivity contribution in [1.29, 1.82) is 0 Å². The van der Waals surface area contributed by atoms with Gasteiger partial charge in [-0.25, -0.2) is 0 Å². The van der Waals surface area contributed by atoms with Gasteiger partial charge in [-0.05, 0) is 24.3 Å². The van der Waals surface area contributed by atoms with Gasteiger partial charge in [0.15, 0.2) is 0 Å². The number of hydrogen-bond acceptors (Lipinski definition) is 1. The van der Waals surface area contributed by atoms with Crippen LogP contribution in [0.5, 0.6) is 0 Å². The lowest BCUT2D eigenvalue weighted by Gasteiger charge is -2.14. The Morgan fingerprint density at radius 2 is 1.93 bits per heavy atom. The van der Waals surface area contributed by atoms with E-state index in [4.69, 9.17) is 0 Å². The van der Waals surface area contributed by atoms with E-state index in [9.17, 15) is 0 Å². The molecule has 0 radical (unpaired) electrons. The topological polar surface area (TPSA) is 0 Å². The van der Waals surface area contributed by atoms with Gasteiger partial charge in [0.2, 0.25) is 0 Å². The molecule has 0 unspecified atom stereocenters. The standard InChI is InChI=1S/C12H22SSi/c1-14(2,3)11-6-4-5-8-12-9-7-10-13-12/h7,9-10H,4-6,8,11H2,1-3H3. The zero-order chi connectivity index (χ0) is 10.4. The van der Waals surface area contributed by atoms with Crippen molar-refractivity contribution in [3.05, 3.63) is 22.4 Å². The third-order valence-electron chi connectivity index (χ3n) is 2.43. The van der Waals surface area contributed by atoms with Crippen molar-refractivity contribution >= 4 is 19.4 Å². The molecule has 0 fully saturated rings. The molecular weight excluding hydrogens is 204 g/mol. The number of aryl methyl sites for hydroxylation is 1. The Labute approximate surface area is 93.4 Å². The highest BCUT2D eigenvalue weighted by Gasteiger charge is 2.11. The second kappa shape index (κ2) is 5.71. The van der Waals surface area contributed by atoms with Crippen molar-refractivity contribution in [3.8, 4) is 0 Å². The van der Waals surface area contributed by atoms with Gasteiger partial charge < -0.3 is 0 Å². The predicted octanol–water partition coefficient (Wildman–Crippen LogP) is 4.80. The van der Waals surface area contributed by atoms with Crippen molar-refractivity contribution in [2.24, 2.45) is 0 Å². The minimum Gasteiger partial charge on any atom is -0.149 e. The highest BCUT2D eigenvalue weighted by atomic mass is 32.1. The van der Waals surface area contributed by atoms with E-state index in [1.54, 1.807) is 4.88 Å². The van der Waals surface area contributed by atoms with E-state index in [-0.39, 0.29) is 0 Å². The molecule has 1 aromatic heterocycles. The van der Waals surface area contributed by atoms with Crippen molar-refractivity contribution in [2.45, 2.75) is 51.4 Å². The van der Waals surface area contributed by atoms with Crippen LogP contribution in [0.25, 0.3) is 0 Å². The van der Waals surface area contributed by atoms with Crippen LogP contribution in [0, 0.1) is 0 Å². The van der Waals surface area contributed by atoms with E-state index in [1.807, 2.05) is 11.3 Å². The summed E-state index contributed by atoms with van der Waals surface area (Å²) >= 11 is 1.90. The van der Waals surface area contributed by atoms with E-state index in [0.717, 1.165) is 0 Å². The number of rotatable bonds is 6. The molecule has 1 rings (SSSR count). The van der Waals surface area contributed by atoms with E-state index in [1.165, 1.54) is 31.7 Å². The lowest BCUT2D eigenvalue weighted by atomic mass is 10.2. The van der Waals surface area contributed by atoms with E-state index in [2.05, 4.69) is 37.2 Å². The first-order valence-corrected chi connectivity index (χ1v) is 10.2. The van der Waals surface area contributed by atoms with Gasteiger partial charge in [0.1, 0.15) is 0 Å². The molecular formula is C12H22SSi. The van der Waals surface area contributed by atoms with Crippen LogP contribution in [-0.4, -0.2) is 8.07 Å². The van der Waals surface area contributed by atoms with Gasteiger partial charge in [-0.2, -0.15) is 0 Å². The first-order chi connectivity index (χ1) is 6.58. The summed E-state index contributed by atoms with van der Waals surface area (Å²) in [7, 11) is -0.771. The van der Waals surface area contributed by atoms with Gasteiger partial charge in [-0.3, -0.25) is 0 Å². The van der Waals surface area contributed by atoms with Crippen molar-refractivity contribution in [2.75, 3.05) is 0 Å². The molecule has 0 nitrogen and oxygen atoms in total. The third-order valence-corrected chi connectivity index (χ3v) is 5.22. The zero-order valence-electron chi connectivity index (χ0n) is 9.68. The Balaban J connectivity index is 2.00. The molecule has 1 heterocycles. The molecule has 0 aromatic carbocycles. The Morgan fingerprint density at radius 1 is 1.14 bits per heavy atom. The monoisotopic (exact) mass is 226 g/mol. The molecule has 0 amide bonds. The van der Waals surface area contributed by atoms with Crippen molar-refractivity contribution in [1.82, 2.24) is 0 Å². The molecule has 0 N–H and O–H groups in total. The highest BCUT2D eigenvalue weighted by molar-refractivity contribution is 7.09. The molecule has 0 aliphatic heterocycles. The van der Waals surface area contributed by atoms with Crippen LogP contribution in [0.15, 0.2) is 17.5 Å². The maximum absolute atomic E-state index is 2.46. The fraction of sp³-hybridized carbons (Fsp3) is 0.667. The largest absolute Gasteiger partial charge is 0.149 e.